The molecule has 0 radical (unpaired) electrons. The van der Waals surface area contributed by atoms with Gasteiger partial charge in [0.05, 0.1) is 7.11 Å². The first kappa shape index (κ1) is 20.6. The first-order chi connectivity index (χ1) is 13.4. The van der Waals surface area contributed by atoms with Crippen LogP contribution in [-0.4, -0.2) is 43.8 Å². The monoisotopic (exact) mass is 423 g/mol. The van der Waals surface area contributed by atoms with Crippen molar-refractivity contribution in [2.45, 2.75) is 24.3 Å². The number of halogens is 1. The Kier molecular flexibility index (Phi) is 6.53. The highest BCUT2D eigenvalue weighted by atomic mass is 35.5. The minimum absolute atomic E-state index is 0.0435. The van der Waals surface area contributed by atoms with Gasteiger partial charge in [-0.15, -0.1) is 0 Å². The first-order valence-electron chi connectivity index (χ1n) is 8.92. The van der Waals surface area contributed by atoms with Crippen molar-refractivity contribution in [1.29, 1.82) is 0 Å². The topological polar surface area (TPSA) is 88.6 Å². The number of piperidine rings is 1. The maximum absolute atomic E-state index is 13.0. The van der Waals surface area contributed by atoms with Crippen LogP contribution in [0, 0.1) is 5.92 Å². The molecule has 2 heterocycles. The number of carbonyl (C=O) groups excluding carboxylic acids is 1. The first-order valence-corrected chi connectivity index (χ1v) is 10.7. The molecule has 0 aliphatic carbocycles. The third-order valence-electron chi connectivity index (χ3n) is 4.76. The highest BCUT2D eigenvalue weighted by molar-refractivity contribution is 7.89. The van der Waals surface area contributed by atoms with Crippen molar-refractivity contribution < 1.29 is 17.9 Å². The molecule has 1 aliphatic rings. The third kappa shape index (κ3) is 4.63. The molecule has 1 fully saturated rings. The van der Waals surface area contributed by atoms with Gasteiger partial charge in [0.15, 0.2) is 0 Å². The molecule has 150 valence electrons. The maximum Gasteiger partial charge on any atom is 0.246 e. The number of ether oxygens (including phenoxy) is 1. The minimum Gasteiger partial charge on any atom is -0.495 e. The summed E-state index contributed by atoms with van der Waals surface area (Å²) in [6.45, 7) is 0.941. The predicted molar refractivity (Wildman–Crippen MR) is 106 cm³/mol. The van der Waals surface area contributed by atoms with Gasteiger partial charge in [-0.1, -0.05) is 17.7 Å². The lowest BCUT2D eigenvalue weighted by molar-refractivity contribution is -0.126. The summed E-state index contributed by atoms with van der Waals surface area (Å²) in [4.78, 5) is 16.5. The lowest BCUT2D eigenvalue weighted by Gasteiger charge is -2.31. The molecule has 2 aromatic rings. The average Bonchev–Trinajstić information content (AvgIpc) is 2.73. The Labute approximate surface area is 169 Å². The van der Waals surface area contributed by atoms with Crippen molar-refractivity contribution in [3.8, 4) is 5.75 Å². The molecule has 1 saturated heterocycles. The van der Waals surface area contributed by atoms with E-state index in [-0.39, 0.29) is 35.6 Å². The average molecular weight is 424 g/mol. The van der Waals surface area contributed by atoms with Crippen molar-refractivity contribution in [1.82, 2.24) is 14.6 Å². The number of rotatable bonds is 6. The standard InChI is InChI=1S/C19H22ClN3O4S/c1-27-17-5-4-16(20)11-18(17)28(25,26)23-9-6-15(7-10-23)19(24)22-13-14-3-2-8-21-12-14/h2-5,8,11-12,15H,6-7,9-10,13H2,1H3,(H,22,24). The van der Waals surface area contributed by atoms with E-state index in [2.05, 4.69) is 10.3 Å². The number of pyridine rings is 1. The molecule has 1 aromatic heterocycles. The van der Waals surface area contributed by atoms with E-state index in [1.54, 1.807) is 18.5 Å². The van der Waals surface area contributed by atoms with Crippen LogP contribution in [0.25, 0.3) is 0 Å². The van der Waals surface area contributed by atoms with Gasteiger partial charge in [-0.25, -0.2) is 8.42 Å². The zero-order valence-electron chi connectivity index (χ0n) is 15.5. The van der Waals surface area contributed by atoms with Gasteiger partial charge in [-0.05, 0) is 42.7 Å². The van der Waals surface area contributed by atoms with E-state index in [4.69, 9.17) is 16.3 Å². The van der Waals surface area contributed by atoms with Crippen molar-refractivity contribution in [3.63, 3.8) is 0 Å². The number of carbonyl (C=O) groups is 1. The number of sulfonamides is 1. The molecule has 1 amide bonds. The summed E-state index contributed by atoms with van der Waals surface area (Å²) >= 11 is 5.97. The van der Waals surface area contributed by atoms with Crippen LogP contribution < -0.4 is 10.1 Å². The molecule has 1 aromatic carbocycles. The molecule has 0 saturated carbocycles. The molecule has 7 nitrogen and oxygen atoms in total. The number of hydrogen-bond acceptors (Lipinski definition) is 5. The summed E-state index contributed by atoms with van der Waals surface area (Å²) in [5.41, 5.74) is 0.920. The van der Waals surface area contributed by atoms with Crippen LogP contribution >= 0.6 is 11.6 Å². The van der Waals surface area contributed by atoms with Gasteiger partial charge in [0.25, 0.3) is 0 Å². The van der Waals surface area contributed by atoms with Gasteiger partial charge >= 0.3 is 0 Å². The van der Waals surface area contributed by atoms with Crippen LogP contribution in [0.5, 0.6) is 5.75 Å². The van der Waals surface area contributed by atoms with E-state index in [1.165, 1.54) is 23.5 Å². The second-order valence-corrected chi connectivity index (χ2v) is 8.90. The zero-order chi connectivity index (χ0) is 20.1. The second-order valence-electron chi connectivity index (χ2n) is 6.55. The number of nitrogens with zero attached hydrogens (tertiary/aromatic N) is 2. The summed E-state index contributed by atoms with van der Waals surface area (Å²) < 4.78 is 32.5. The normalized spacial score (nSPS) is 15.9. The van der Waals surface area contributed by atoms with E-state index in [0.29, 0.717) is 24.4 Å². The minimum atomic E-state index is -3.75. The number of benzene rings is 1. The fraction of sp³-hybridized carbons (Fsp3) is 0.368. The number of hydrogen-bond donors (Lipinski definition) is 1. The number of aromatic nitrogens is 1. The Morgan fingerprint density at radius 3 is 2.71 bits per heavy atom. The van der Waals surface area contributed by atoms with Gasteiger partial charge in [0.1, 0.15) is 10.6 Å². The Balaban J connectivity index is 1.61. The summed E-state index contributed by atoms with van der Waals surface area (Å²) in [5, 5.41) is 3.22. The Bertz CT molecular complexity index is 929. The van der Waals surface area contributed by atoms with Crippen LogP contribution in [0.1, 0.15) is 18.4 Å². The summed E-state index contributed by atoms with van der Waals surface area (Å²) in [7, 11) is -2.33. The largest absolute Gasteiger partial charge is 0.495 e. The third-order valence-corrected chi connectivity index (χ3v) is 6.91. The number of methoxy groups -OCH3 is 1. The fourth-order valence-corrected chi connectivity index (χ4v) is 5.07. The van der Waals surface area contributed by atoms with E-state index in [0.717, 1.165) is 5.56 Å². The molecule has 1 aliphatic heterocycles. The Hall–Kier alpha value is -2.16. The lowest BCUT2D eigenvalue weighted by atomic mass is 9.97. The van der Waals surface area contributed by atoms with Crippen LogP contribution in [0.4, 0.5) is 0 Å². The van der Waals surface area contributed by atoms with E-state index in [9.17, 15) is 13.2 Å². The summed E-state index contributed by atoms with van der Waals surface area (Å²) in [6, 6.07) is 8.21. The molecular formula is C19H22ClN3O4S. The lowest BCUT2D eigenvalue weighted by Crippen LogP contribution is -2.42. The van der Waals surface area contributed by atoms with Crippen LogP contribution in [0.2, 0.25) is 5.02 Å². The molecule has 1 N–H and O–H groups in total. The quantitative estimate of drug-likeness (QED) is 0.770. The Morgan fingerprint density at radius 1 is 1.32 bits per heavy atom. The van der Waals surface area contributed by atoms with Crippen LogP contribution in [0.15, 0.2) is 47.6 Å². The van der Waals surface area contributed by atoms with E-state index in [1.807, 2.05) is 12.1 Å². The molecule has 0 bridgehead atoms. The van der Waals surface area contributed by atoms with E-state index < -0.39 is 10.0 Å². The predicted octanol–water partition coefficient (Wildman–Crippen LogP) is 2.46. The van der Waals surface area contributed by atoms with Crippen molar-refractivity contribution in [2.24, 2.45) is 5.92 Å². The summed E-state index contributed by atoms with van der Waals surface area (Å²) in [5.74, 6) is -0.0358. The highest BCUT2D eigenvalue weighted by Crippen LogP contribution is 2.31. The van der Waals surface area contributed by atoms with Crippen molar-refractivity contribution in [3.05, 3.63) is 53.3 Å². The van der Waals surface area contributed by atoms with Crippen LogP contribution in [-0.2, 0) is 21.4 Å². The molecule has 0 unspecified atom stereocenters. The zero-order valence-corrected chi connectivity index (χ0v) is 17.0. The summed E-state index contributed by atoms with van der Waals surface area (Å²) in [6.07, 6.45) is 4.30. The molecule has 28 heavy (non-hydrogen) atoms. The molecular weight excluding hydrogens is 402 g/mol. The van der Waals surface area contributed by atoms with Crippen molar-refractivity contribution >= 4 is 27.5 Å². The smallest absolute Gasteiger partial charge is 0.246 e. The molecule has 0 atom stereocenters. The van der Waals surface area contributed by atoms with Gasteiger partial charge in [0, 0.05) is 43.0 Å². The van der Waals surface area contributed by atoms with Crippen LogP contribution in [0.3, 0.4) is 0 Å². The van der Waals surface area contributed by atoms with Crippen molar-refractivity contribution in [2.75, 3.05) is 20.2 Å². The van der Waals surface area contributed by atoms with Gasteiger partial charge < -0.3 is 10.1 Å². The Morgan fingerprint density at radius 2 is 2.07 bits per heavy atom. The van der Waals surface area contributed by atoms with Gasteiger partial charge in [0.2, 0.25) is 15.9 Å². The molecule has 9 heteroatoms. The van der Waals surface area contributed by atoms with Gasteiger partial charge in [-0.3, -0.25) is 9.78 Å². The molecule has 0 spiro atoms. The van der Waals surface area contributed by atoms with Gasteiger partial charge in [-0.2, -0.15) is 4.31 Å². The van der Waals surface area contributed by atoms with E-state index >= 15 is 0 Å². The maximum atomic E-state index is 13.0. The fourth-order valence-electron chi connectivity index (χ4n) is 3.19. The highest BCUT2D eigenvalue weighted by Gasteiger charge is 2.33. The number of amides is 1. The number of nitrogens with one attached hydrogen (secondary N) is 1. The molecule has 3 rings (SSSR count). The SMILES string of the molecule is COc1ccc(Cl)cc1S(=O)(=O)N1CCC(C(=O)NCc2cccnc2)CC1. The second kappa shape index (κ2) is 8.89.